The lowest BCUT2D eigenvalue weighted by atomic mass is 9.87. The minimum absolute atomic E-state index is 0.0367. The monoisotopic (exact) mass is 233 g/mol. The van der Waals surface area contributed by atoms with Crippen molar-refractivity contribution in [1.29, 1.82) is 0 Å². The predicted octanol–water partition coefficient (Wildman–Crippen LogP) is 3.51. The van der Waals surface area contributed by atoms with Crippen LogP contribution in [0.3, 0.4) is 0 Å². The summed E-state index contributed by atoms with van der Waals surface area (Å²) in [5, 5.41) is 0. The molecule has 0 aliphatic rings. The fraction of sp³-hybridized carbons (Fsp3) is 0.533. The first-order chi connectivity index (χ1) is 7.88. The molecule has 94 valence electrons. The fourth-order valence-corrected chi connectivity index (χ4v) is 1.98. The smallest absolute Gasteiger partial charge is 0.182 e. The first-order valence-electron chi connectivity index (χ1n) is 6.32. The molecule has 0 aliphatic heterocycles. The predicted molar refractivity (Wildman–Crippen MR) is 72.4 cm³/mol. The van der Waals surface area contributed by atoms with Gasteiger partial charge in [-0.15, -0.1) is 0 Å². The molecule has 17 heavy (non-hydrogen) atoms. The Morgan fingerprint density at radius 1 is 1.29 bits per heavy atom. The Kier molecular flexibility index (Phi) is 4.47. The maximum atomic E-state index is 12.2. The van der Waals surface area contributed by atoms with E-state index in [2.05, 4.69) is 13.8 Å². The molecule has 0 bridgehead atoms. The van der Waals surface area contributed by atoms with Crippen molar-refractivity contribution < 1.29 is 4.79 Å². The van der Waals surface area contributed by atoms with Crippen molar-refractivity contribution in [2.75, 3.05) is 0 Å². The normalized spacial score (nSPS) is 14.7. The third-order valence-electron chi connectivity index (χ3n) is 3.13. The zero-order chi connectivity index (χ0) is 13.1. The maximum Gasteiger partial charge on any atom is 0.182 e. The van der Waals surface area contributed by atoms with Crippen LogP contribution in [0.2, 0.25) is 0 Å². The largest absolute Gasteiger partial charge is 0.319 e. The molecular weight excluding hydrogens is 210 g/mol. The molecule has 1 rings (SSSR count). The molecule has 2 N–H and O–H groups in total. The number of carbonyl (C=O) groups is 1. The minimum atomic E-state index is -0.742. The van der Waals surface area contributed by atoms with E-state index < -0.39 is 5.54 Å². The highest BCUT2D eigenvalue weighted by Crippen LogP contribution is 2.19. The standard InChI is InChI=1S/C15H23NO/c1-5-10-15(4,16)14(17)13-8-6-12(7-9-13)11(2)3/h6-9,11H,5,10,16H2,1-4H3. The molecule has 0 spiro atoms. The summed E-state index contributed by atoms with van der Waals surface area (Å²) >= 11 is 0. The second kappa shape index (κ2) is 5.46. The van der Waals surface area contributed by atoms with Crippen molar-refractivity contribution in [3.8, 4) is 0 Å². The first kappa shape index (κ1) is 13.9. The van der Waals surface area contributed by atoms with E-state index in [1.807, 2.05) is 38.1 Å². The maximum absolute atomic E-state index is 12.2. The van der Waals surface area contributed by atoms with E-state index in [0.29, 0.717) is 11.5 Å². The Hall–Kier alpha value is -1.15. The van der Waals surface area contributed by atoms with Gasteiger partial charge in [0.1, 0.15) is 0 Å². The summed E-state index contributed by atoms with van der Waals surface area (Å²) in [6, 6.07) is 7.80. The minimum Gasteiger partial charge on any atom is -0.319 e. The fourth-order valence-electron chi connectivity index (χ4n) is 1.98. The van der Waals surface area contributed by atoms with Gasteiger partial charge < -0.3 is 5.73 Å². The highest BCUT2D eigenvalue weighted by molar-refractivity contribution is 6.02. The molecule has 0 amide bonds. The van der Waals surface area contributed by atoms with Crippen molar-refractivity contribution in [3.05, 3.63) is 35.4 Å². The van der Waals surface area contributed by atoms with Gasteiger partial charge in [-0.3, -0.25) is 4.79 Å². The lowest BCUT2D eigenvalue weighted by Gasteiger charge is -2.22. The highest BCUT2D eigenvalue weighted by atomic mass is 16.1. The highest BCUT2D eigenvalue weighted by Gasteiger charge is 2.27. The van der Waals surface area contributed by atoms with Crippen molar-refractivity contribution in [3.63, 3.8) is 0 Å². The van der Waals surface area contributed by atoms with E-state index >= 15 is 0 Å². The molecule has 0 radical (unpaired) electrons. The average Bonchev–Trinajstić information content (AvgIpc) is 2.28. The van der Waals surface area contributed by atoms with Crippen LogP contribution in [-0.2, 0) is 0 Å². The van der Waals surface area contributed by atoms with Gasteiger partial charge >= 0.3 is 0 Å². The summed E-state index contributed by atoms with van der Waals surface area (Å²) in [5.74, 6) is 0.522. The summed E-state index contributed by atoms with van der Waals surface area (Å²) in [6.45, 7) is 8.14. The molecule has 0 aliphatic carbocycles. The zero-order valence-electron chi connectivity index (χ0n) is 11.3. The second-order valence-corrected chi connectivity index (χ2v) is 5.27. The third kappa shape index (κ3) is 3.40. The molecule has 0 aromatic heterocycles. The van der Waals surface area contributed by atoms with Gasteiger partial charge in [-0.2, -0.15) is 0 Å². The number of nitrogens with two attached hydrogens (primary N) is 1. The van der Waals surface area contributed by atoms with Gasteiger partial charge in [0, 0.05) is 5.56 Å². The van der Waals surface area contributed by atoms with Crippen LogP contribution < -0.4 is 5.73 Å². The van der Waals surface area contributed by atoms with E-state index in [9.17, 15) is 4.79 Å². The van der Waals surface area contributed by atoms with Crippen molar-refractivity contribution >= 4 is 5.78 Å². The van der Waals surface area contributed by atoms with Gasteiger partial charge in [0.05, 0.1) is 5.54 Å². The molecule has 0 saturated carbocycles. The second-order valence-electron chi connectivity index (χ2n) is 5.27. The molecule has 1 aromatic rings. The lowest BCUT2D eigenvalue weighted by molar-refractivity contribution is 0.0893. The number of rotatable bonds is 5. The summed E-state index contributed by atoms with van der Waals surface area (Å²) < 4.78 is 0. The topological polar surface area (TPSA) is 43.1 Å². The molecule has 0 saturated heterocycles. The van der Waals surface area contributed by atoms with Crippen LogP contribution in [0.5, 0.6) is 0 Å². The number of hydrogen-bond donors (Lipinski definition) is 1. The van der Waals surface area contributed by atoms with Crippen molar-refractivity contribution in [2.24, 2.45) is 5.73 Å². The van der Waals surface area contributed by atoms with Crippen molar-refractivity contribution in [1.82, 2.24) is 0 Å². The Bertz CT molecular complexity index is 376. The Morgan fingerprint density at radius 2 is 1.82 bits per heavy atom. The van der Waals surface area contributed by atoms with Crippen molar-refractivity contribution in [2.45, 2.75) is 52.0 Å². The summed E-state index contributed by atoms with van der Waals surface area (Å²) in [6.07, 6.45) is 1.64. The van der Waals surface area contributed by atoms with Crippen LogP contribution in [-0.4, -0.2) is 11.3 Å². The third-order valence-corrected chi connectivity index (χ3v) is 3.13. The summed E-state index contributed by atoms with van der Waals surface area (Å²) in [5.41, 5.74) is 7.27. The molecule has 1 atom stereocenters. The van der Waals surface area contributed by atoms with E-state index in [1.165, 1.54) is 5.56 Å². The number of carbonyl (C=O) groups excluding carboxylic acids is 1. The number of ketones is 1. The molecule has 1 unspecified atom stereocenters. The molecular formula is C15H23NO. The van der Waals surface area contributed by atoms with Gasteiger partial charge in [0.25, 0.3) is 0 Å². The number of benzene rings is 1. The number of hydrogen-bond acceptors (Lipinski definition) is 2. The average molecular weight is 233 g/mol. The van der Waals surface area contributed by atoms with Gasteiger partial charge in [-0.25, -0.2) is 0 Å². The van der Waals surface area contributed by atoms with E-state index in [0.717, 1.165) is 12.8 Å². The van der Waals surface area contributed by atoms with Gasteiger partial charge in [-0.05, 0) is 24.8 Å². The molecule has 1 aromatic carbocycles. The van der Waals surface area contributed by atoms with Crippen LogP contribution in [0.4, 0.5) is 0 Å². The lowest BCUT2D eigenvalue weighted by Crippen LogP contribution is -2.44. The van der Waals surface area contributed by atoms with Crippen LogP contribution in [0.25, 0.3) is 0 Å². The molecule has 2 heteroatoms. The zero-order valence-corrected chi connectivity index (χ0v) is 11.3. The van der Waals surface area contributed by atoms with Crippen LogP contribution in [0, 0.1) is 0 Å². The van der Waals surface area contributed by atoms with Gasteiger partial charge in [0.15, 0.2) is 5.78 Å². The number of Topliss-reactive ketones (excluding diaryl/α,β-unsaturated/α-hetero) is 1. The summed E-state index contributed by atoms with van der Waals surface area (Å²) in [7, 11) is 0. The van der Waals surface area contributed by atoms with Crippen LogP contribution in [0.1, 0.15) is 62.4 Å². The Labute approximate surface area is 104 Å². The van der Waals surface area contributed by atoms with Crippen LogP contribution >= 0.6 is 0 Å². The van der Waals surface area contributed by atoms with E-state index in [1.54, 1.807) is 0 Å². The SMILES string of the molecule is CCCC(C)(N)C(=O)c1ccc(C(C)C)cc1. The van der Waals surface area contributed by atoms with E-state index in [-0.39, 0.29) is 5.78 Å². The van der Waals surface area contributed by atoms with Gasteiger partial charge in [-0.1, -0.05) is 51.5 Å². The Balaban J connectivity index is 2.90. The Morgan fingerprint density at radius 3 is 2.24 bits per heavy atom. The molecule has 0 heterocycles. The summed E-state index contributed by atoms with van der Waals surface area (Å²) in [4.78, 5) is 12.2. The molecule has 0 fully saturated rings. The van der Waals surface area contributed by atoms with E-state index in [4.69, 9.17) is 5.73 Å². The van der Waals surface area contributed by atoms with Crippen LogP contribution in [0.15, 0.2) is 24.3 Å². The first-order valence-corrected chi connectivity index (χ1v) is 6.32. The molecule has 2 nitrogen and oxygen atoms in total. The van der Waals surface area contributed by atoms with Gasteiger partial charge in [0.2, 0.25) is 0 Å². The quantitative estimate of drug-likeness (QED) is 0.791.